The average Bonchev–Trinajstić information content (AvgIpc) is 3.54. The maximum Gasteiger partial charge on any atom is 0.410 e. The second kappa shape index (κ2) is 11.1. The summed E-state index contributed by atoms with van der Waals surface area (Å²) < 4.78 is 7.71. The lowest BCUT2D eigenvalue weighted by Crippen LogP contribution is -2.50. The molecule has 0 N–H and O–H groups in total. The summed E-state index contributed by atoms with van der Waals surface area (Å²) in [5.41, 5.74) is 6.30. The van der Waals surface area contributed by atoms with Crippen molar-refractivity contribution < 1.29 is 9.53 Å². The number of amides is 1. The number of nitriles is 1. The normalized spacial score (nSPS) is 13.9. The van der Waals surface area contributed by atoms with Crippen LogP contribution in [0.5, 0.6) is 0 Å². The van der Waals surface area contributed by atoms with Gasteiger partial charge < -0.3 is 19.4 Å². The largest absolute Gasteiger partial charge is 0.444 e. The van der Waals surface area contributed by atoms with Crippen molar-refractivity contribution >= 4 is 39.7 Å². The standard InChI is InChI=1S/C31H37N7O2S/c1-8-24-28(35(7)29-34-26(25(18-32)41-29)22-11-9-20(2)10-12-22)38-19-23(17-21(3)27(38)33-24)36-13-15-37(16-14-36)30(39)40-31(4,5)6/h9-12,17,19H,8,13-16H2,1-7H3. The van der Waals surface area contributed by atoms with Crippen LogP contribution in [-0.4, -0.2) is 64.2 Å². The number of thiazole rings is 1. The van der Waals surface area contributed by atoms with E-state index in [4.69, 9.17) is 14.7 Å². The maximum absolute atomic E-state index is 12.6. The van der Waals surface area contributed by atoms with E-state index in [9.17, 15) is 10.1 Å². The molecule has 4 heterocycles. The number of nitrogens with zero attached hydrogens (tertiary/aromatic N) is 7. The molecule has 10 heteroatoms. The van der Waals surface area contributed by atoms with E-state index in [1.54, 1.807) is 4.90 Å². The van der Waals surface area contributed by atoms with Crippen molar-refractivity contribution in [1.82, 2.24) is 19.3 Å². The first-order valence-electron chi connectivity index (χ1n) is 13.9. The molecule has 1 amide bonds. The van der Waals surface area contributed by atoms with Crippen LogP contribution in [0.1, 0.15) is 49.4 Å². The van der Waals surface area contributed by atoms with Gasteiger partial charge in [0.2, 0.25) is 0 Å². The van der Waals surface area contributed by atoms with Gasteiger partial charge in [-0.2, -0.15) is 5.26 Å². The van der Waals surface area contributed by atoms with Crippen LogP contribution in [-0.2, 0) is 11.2 Å². The third-order valence-electron chi connectivity index (χ3n) is 7.21. The quantitative estimate of drug-likeness (QED) is 0.276. The molecule has 0 unspecified atom stereocenters. The average molecular weight is 572 g/mol. The van der Waals surface area contributed by atoms with Gasteiger partial charge in [0.05, 0.1) is 11.4 Å². The van der Waals surface area contributed by atoms with E-state index in [0.717, 1.165) is 51.1 Å². The minimum atomic E-state index is -0.510. The molecule has 3 aromatic heterocycles. The molecular weight excluding hydrogens is 534 g/mol. The first-order valence-corrected chi connectivity index (χ1v) is 14.8. The molecule has 5 rings (SSSR count). The Balaban J connectivity index is 1.47. The van der Waals surface area contributed by atoms with Crippen molar-refractivity contribution in [2.45, 2.75) is 53.6 Å². The zero-order chi connectivity index (χ0) is 29.5. The molecular formula is C31H37N7O2S. The lowest BCUT2D eigenvalue weighted by molar-refractivity contribution is 0.0240. The summed E-state index contributed by atoms with van der Waals surface area (Å²) in [7, 11) is 1.99. The zero-order valence-corrected chi connectivity index (χ0v) is 25.7. The van der Waals surface area contributed by atoms with Gasteiger partial charge in [-0.15, -0.1) is 0 Å². The first-order chi connectivity index (χ1) is 19.5. The van der Waals surface area contributed by atoms with E-state index in [1.807, 2.05) is 63.9 Å². The van der Waals surface area contributed by atoms with Gasteiger partial charge in [0, 0.05) is 45.0 Å². The number of anilines is 3. The number of ether oxygens (including phenoxy) is 1. The third-order valence-corrected chi connectivity index (χ3v) is 8.25. The number of piperazine rings is 1. The number of carbonyl (C=O) groups excluding carboxylic acids is 1. The monoisotopic (exact) mass is 571 g/mol. The number of benzene rings is 1. The maximum atomic E-state index is 12.6. The summed E-state index contributed by atoms with van der Waals surface area (Å²) in [4.78, 5) is 29.2. The molecule has 41 heavy (non-hydrogen) atoms. The number of hydrogen-bond donors (Lipinski definition) is 0. The Bertz CT molecular complexity index is 1620. The summed E-state index contributed by atoms with van der Waals surface area (Å²) in [5.74, 6) is 0.938. The summed E-state index contributed by atoms with van der Waals surface area (Å²) >= 11 is 1.39. The lowest BCUT2D eigenvalue weighted by atomic mass is 10.1. The number of imidazole rings is 1. The van der Waals surface area contributed by atoms with E-state index in [-0.39, 0.29) is 6.09 Å². The predicted octanol–water partition coefficient (Wildman–Crippen LogP) is 6.33. The minimum absolute atomic E-state index is 0.264. The van der Waals surface area contributed by atoms with Crippen LogP contribution in [0.15, 0.2) is 36.5 Å². The zero-order valence-electron chi connectivity index (χ0n) is 24.9. The molecule has 214 valence electrons. The van der Waals surface area contributed by atoms with E-state index < -0.39 is 5.60 Å². The molecule has 1 saturated heterocycles. The third kappa shape index (κ3) is 5.72. The second-order valence-corrected chi connectivity index (χ2v) is 12.5. The van der Waals surface area contributed by atoms with Gasteiger partial charge >= 0.3 is 6.09 Å². The number of carbonyl (C=O) groups is 1. The van der Waals surface area contributed by atoms with E-state index in [0.29, 0.717) is 36.8 Å². The molecule has 1 fully saturated rings. The number of aryl methyl sites for hydroxylation is 3. The topological polar surface area (TPSA) is 90.0 Å². The highest BCUT2D eigenvalue weighted by atomic mass is 32.1. The van der Waals surface area contributed by atoms with E-state index in [1.165, 1.54) is 11.3 Å². The SMILES string of the molecule is CCc1nc2c(C)cc(N3CCN(C(=O)OC(C)(C)C)CC3)cn2c1N(C)c1nc(-c2ccc(C)cc2)c(C#N)s1. The number of rotatable bonds is 5. The first kappa shape index (κ1) is 28.4. The van der Waals surface area contributed by atoms with Crippen LogP contribution < -0.4 is 9.80 Å². The van der Waals surface area contributed by atoms with Crippen molar-refractivity contribution in [2.24, 2.45) is 0 Å². The summed E-state index contributed by atoms with van der Waals surface area (Å²) in [6.07, 6.45) is 2.62. The van der Waals surface area contributed by atoms with Crippen molar-refractivity contribution in [1.29, 1.82) is 5.26 Å². The van der Waals surface area contributed by atoms with Crippen LogP contribution in [0.3, 0.4) is 0 Å². The van der Waals surface area contributed by atoms with Crippen LogP contribution in [0.2, 0.25) is 0 Å². The number of fused-ring (bicyclic) bond motifs is 1. The molecule has 4 aromatic rings. The van der Waals surface area contributed by atoms with Crippen LogP contribution >= 0.6 is 11.3 Å². The summed E-state index contributed by atoms with van der Waals surface area (Å²) in [5, 5.41) is 10.6. The van der Waals surface area contributed by atoms with Gasteiger partial charge in [0.25, 0.3) is 0 Å². The molecule has 0 saturated carbocycles. The number of hydrogen-bond acceptors (Lipinski definition) is 8. The van der Waals surface area contributed by atoms with Crippen LogP contribution in [0.25, 0.3) is 16.9 Å². The van der Waals surface area contributed by atoms with Crippen molar-refractivity contribution in [2.75, 3.05) is 43.0 Å². The van der Waals surface area contributed by atoms with Crippen LogP contribution in [0.4, 0.5) is 21.4 Å². The highest BCUT2D eigenvalue weighted by Crippen LogP contribution is 2.38. The molecule has 0 aliphatic carbocycles. The number of pyridine rings is 1. The van der Waals surface area contributed by atoms with Gasteiger partial charge in [-0.1, -0.05) is 48.1 Å². The fourth-order valence-corrected chi connectivity index (χ4v) is 5.94. The molecule has 1 aliphatic rings. The summed E-state index contributed by atoms with van der Waals surface area (Å²) in [6.45, 7) is 14.5. The van der Waals surface area contributed by atoms with Gasteiger partial charge in [0.1, 0.15) is 33.7 Å². The van der Waals surface area contributed by atoms with Crippen molar-refractivity contribution in [3.05, 3.63) is 58.2 Å². The fraction of sp³-hybridized carbons (Fsp3) is 0.419. The van der Waals surface area contributed by atoms with Gasteiger partial charge in [-0.3, -0.25) is 4.40 Å². The molecule has 0 bridgehead atoms. The molecule has 1 aromatic carbocycles. The van der Waals surface area contributed by atoms with Gasteiger partial charge in [-0.25, -0.2) is 14.8 Å². The smallest absolute Gasteiger partial charge is 0.410 e. The Morgan fingerprint density at radius 3 is 2.41 bits per heavy atom. The van der Waals surface area contributed by atoms with E-state index >= 15 is 0 Å². The Kier molecular flexibility index (Phi) is 7.66. The summed E-state index contributed by atoms with van der Waals surface area (Å²) in [6, 6.07) is 12.6. The second-order valence-electron chi connectivity index (χ2n) is 11.5. The Labute approximate surface area is 245 Å². The van der Waals surface area contributed by atoms with Gasteiger partial charge in [-0.05, 0) is 52.7 Å². The van der Waals surface area contributed by atoms with Crippen molar-refractivity contribution in [3.8, 4) is 17.3 Å². The Morgan fingerprint density at radius 1 is 1.12 bits per heavy atom. The Hall–Kier alpha value is -4.10. The van der Waals surface area contributed by atoms with Gasteiger partial charge in [0.15, 0.2) is 5.13 Å². The van der Waals surface area contributed by atoms with E-state index in [2.05, 4.69) is 41.5 Å². The van der Waals surface area contributed by atoms with Crippen LogP contribution in [0, 0.1) is 25.2 Å². The minimum Gasteiger partial charge on any atom is -0.444 e. The molecule has 0 radical (unpaired) electrons. The molecule has 0 spiro atoms. The number of aromatic nitrogens is 3. The highest BCUT2D eigenvalue weighted by Gasteiger charge is 2.27. The molecule has 1 aliphatic heterocycles. The predicted molar refractivity (Wildman–Crippen MR) is 164 cm³/mol. The molecule has 0 atom stereocenters. The highest BCUT2D eigenvalue weighted by molar-refractivity contribution is 7.16. The Morgan fingerprint density at radius 2 is 1.80 bits per heavy atom. The van der Waals surface area contributed by atoms with Crippen molar-refractivity contribution in [3.63, 3.8) is 0 Å². The lowest BCUT2D eigenvalue weighted by Gasteiger charge is -2.37. The fourth-order valence-electron chi connectivity index (χ4n) is 5.09. The molecule has 9 nitrogen and oxygen atoms in total.